The third-order valence-electron chi connectivity index (χ3n) is 6.64. The van der Waals surface area contributed by atoms with E-state index < -0.39 is 0 Å². The normalized spacial score (nSPS) is 19.4. The van der Waals surface area contributed by atoms with E-state index >= 15 is 0 Å². The van der Waals surface area contributed by atoms with E-state index in [4.69, 9.17) is 14.5 Å². The smallest absolute Gasteiger partial charge is 0.229 e. The fourth-order valence-corrected chi connectivity index (χ4v) is 5.10. The number of benzene rings is 1. The van der Waals surface area contributed by atoms with Crippen molar-refractivity contribution in [3.63, 3.8) is 0 Å². The highest BCUT2D eigenvalue weighted by Crippen LogP contribution is 2.44. The number of methoxy groups -OCH3 is 1. The number of para-hydroxylation sites is 1. The molecule has 1 aromatic carbocycles. The van der Waals surface area contributed by atoms with Crippen LogP contribution >= 0.6 is 0 Å². The number of amides is 1. The average molecular weight is 430 g/mol. The number of ether oxygens (including phenoxy) is 1. The van der Waals surface area contributed by atoms with Crippen molar-refractivity contribution in [2.45, 2.75) is 44.7 Å². The number of aromatic nitrogens is 5. The molecule has 5 heterocycles. The molecule has 2 aliphatic rings. The van der Waals surface area contributed by atoms with E-state index in [-0.39, 0.29) is 24.4 Å². The Hall–Kier alpha value is -3.75. The van der Waals surface area contributed by atoms with Crippen LogP contribution in [0, 0.1) is 6.92 Å². The standard InChI is InChI=1S/C23H22N6O3/c1-13-17(27-32-26-13)11-23(30)28-14-7-8-19(28)16-12-24-22-10-18(25-29(22)20(16)9-14)15-5-3-4-6-21(15)31-2/h3-6,10,12,14,19H,7-9,11H2,1-2H3/t14-,19+/m1/s1. The van der Waals surface area contributed by atoms with E-state index in [1.54, 1.807) is 14.0 Å². The van der Waals surface area contributed by atoms with E-state index in [0.29, 0.717) is 11.4 Å². The summed E-state index contributed by atoms with van der Waals surface area (Å²) >= 11 is 0. The van der Waals surface area contributed by atoms with Crippen LogP contribution in [0.25, 0.3) is 16.9 Å². The number of hydrogen-bond acceptors (Lipinski definition) is 7. The summed E-state index contributed by atoms with van der Waals surface area (Å²) in [6.07, 6.45) is 4.75. The van der Waals surface area contributed by atoms with Crippen molar-refractivity contribution in [1.82, 2.24) is 29.8 Å². The van der Waals surface area contributed by atoms with Gasteiger partial charge in [-0.3, -0.25) is 4.79 Å². The summed E-state index contributed by atoms with van der Waals surface area (Å²) in [5.74, 6) is 0.830. The van der Waals surface area contributed by atoms with Crippen LogP contribution in [0.1, 0.15) is 41.5 Å². The molecule has 1 amide bonds. The molecule has 162 valence electrons. The number of nitrogens with zero attached hydrogens (tertiary/aromatic N) is 6. The van der Waals surface area contributed by atoms with Crippen molar-refractivity contribution in [1.29, 1.82) is 0 Å². The zero-order valence-corrected chi connectivity index (χ0v) is 17.9. The van der Waals surface area contributed by atoms with Crippen molar-refractivity contribution < 1.29 is 14.2 Å². The minimum atomic E-state index is 0.00669. The third kappa shape index (κ3) is 2.80. The van der Waals surface area contributed by atoms with E-state index in [9.17, 15) is 4.79 Å². The van der Waals surface area contributed by atoms with Gasteiger partial charge in [-0.05, 0) is 31.9 Å². The van der Waals surface area contributed by atoms with Crippen LogP contribution in [0.2, 0.25) is 0 Å². The summed E-state index contributed by atoms with van der Waals surface area (Å²) in [7, 11) is 1.66. The lowest BCUT2D eigenvalue weighted by molar-refractivity contribution is -0.134. The maximum Gasteiger partial charge on any atom is 0.229 e. The maximum absolute atomic E-state index is 13.2. The fourth-order valence-electron chi connectivity index (χ4n) is 5.10. The van der Waals surface area contributed by atoms with Crippen molar-refractivity contribution in [3.8, 4) is 17.0 Å². The first-order valence-corrected chi connectivity index (χ1v) is 10.7. The molecule has 1 fully saturated rings. The minimum absolute atomic E-state index is 0.00669. The molecule has 0 unspecified atom stereocenters. The van der Waals surface area contributed by atoms with Gasteiger partial charge in [-0.2, -0.15) is 5.10 Å². The summed E-state index contributed by atoms with van der Waals surface area (Å²) in [5, 5.41) is 12.6. The maximum atomic E-state index is 13.2. The molecule has 9 heteroatoms. The minimum Gasteiger partial charge on any atom is -0.496 e. The van der Waals surface area contributed by atoms with Gasteiger partial charge in [-0.1, -0.05) is 22.4 Å². The molecule has 3 aromatic heterocycles. The number of carbonyl (C=O) groups is 1. The molecule has 2 aliphatic heterocycles. The Balaban J connectivity index is 1.37. The van der Waals surface area contributed by atoms with Crippen molar-refractivity contribution in [2.75, 3.05) is 7.11 Å². The van der Waals surface area contributed by atoms with Gasteiger partial charge < -0.3 is 9.64 Å². The van der Waals surface area contributed by atoms with Crippen molar-refractivity contribution >= 4 is 11.6 Å². The van der Waals surface area contributed by atoms with Gasteiger partial charge in [0.2, 0.25) is 5.91 Å². The molecule has 0 N–H and O–H groups in total. The Labute approximate surface area is 184 Å². The van der Waals surface area contributed by atoms with E-state index in [1.165, 1.54) is 0 Å². The van der Waals surface area contributed by atoms with Crippen LogP contribution in [0.15, 0.2) is 41.2 Å². The summed E-state index contributed by atoms with van der Waals surface area (Å²) in [5.41, 5.74) is 6.02. The van der Waals surface area contributed by atoms with Crippen LogP contribution in [0.3, 0.4) is 0 Å². The van der Waals surface area contributed by atoms with E-state index in [0.717, 1.165) is 53.2 Å². The van der Waals surface area contributed by atoms with Gasteiger partial charge in [-0.25, -0.2) is 14.1 Å². The van der Waals surface area contributed by atoms with Gasteiger partial charge in [0.05, 0.1) is 31.0 Å². The van der Waals surface area contributed by atoms with Gasteiger partial charge in [0.15, 0.2) is 5.65 Å². The van der Waals surface area contributed by atoms with Crippen LogP contribution in [-0.4, -0.2) is 48.9 Å². The highest BCUT2D eigenvalue weighted by molar-refractivity contribution is 5.80. The molecule has 1 saturated heterocycles. The molecule has 2 atom stereocenters. The Morgan fingerprint density at radius 1 is 1.25 bits per heavy atom. The number of hydrogen-bond donors (Lipinski definition) is 0. The topological polar surface area (TPSA) is 98.7 Å². The van der Waals surface area contributed by atoms with Crippen LogP contribution < -0.4 is 4.74 Å². The largest absolute Gasteiger partial charge is 0.496 e. The molecule has 2 bridgehead atoms. The summed E-state index contributed by atoms with van der Waals surface area (Å²) < 4.78 is 12.2. The Kier molecular flexibility index (Phi) is 4.24. The molecule has 32 heavy (non-hydrogen) atoms. The van der Waals surface area contributed by atoms with E-state index in [1.807, 2.05) is 45.9 Å². The van der Waals surface area contributed by atoms with Gasteiger partial charge in [0.25, 0.3) is 0 Å². The van der Waals surface area contributed by atoms with Gasteiger partial charge in [0.1, 0.15) is 17.1 Å². The second-order valence-corrected chi connectivity index (χ2v) is 8.39. The summed E-state index contributed by atoms with van der Waals surface area (Å²) in [4.78, 5) is 19.9. The number of fused-ring (bicyclic) bond motifs is 6. The lowest BCUT2D eigenvalue weighted by Crippen LogP contribution is -2.43. The number of carbonyl (C=O) groups excluding carboxylic acids is 1. The molecular weight excluding hydrogens is 408 g/mol. The fraction of sp³-hybridized carbons (Fsp3) is 0.348. The molecule has 0 spiro atoms. The SMILES string of the molecule is COc1ccccc1-c1cc2ncc3c(n2n1)C[C@H]1CC[C@@H]3N1C(=O)Cc1nonc1C. The third-order valence-corrected chi connectivity index (χ3v) is 6.64. The second kappa shape index (κ2) is 7.15. The Morgan fingerprint density at radius 3 is 2.94 bits per heavy atom. The molecule has 9 nitrogen and oxygen atoms in total. The monoisotopic (exact) mass is 430 g/mol. The quantitative estimate of drug-likeness (QED) is 0.491. The Morgan fingerprint density at radius 2 is 2.12 bits per heavy atom. The average Bonchev–Trinajstić information content (AvgIpc) is 3.50. The van der Waals surface area contributed by atoms with Crippen LogP contribution in [-0.2, 0) is 17.6 Å². The number of aryl methyl sites for hydroxylation is 1. The Bertz CT molecular complexity index is 1340. The van der Waals surface area contributed by atoms with Gasteiger partial charge in [0, 0.05) is 35.9 Å². The molecule has 0 aliphatic carbocycles. The van der Waals surface area contributed by atoms with Crippen LogP contribution in [0.4, 0.5) is 0 Å². The molecule has 4 aromatic rings. The van der Waals surface area contributed by atoms with Gasteiger partial charge >= 0.3 is 0 Å². The number of rotatable bonds is 4. The summed E-state index contributed by atoms with van der Waals surface area (Å²) in [6, 6.07) is 9.98. The molecule has 0 saturated carbocycles. The second-order valence-electron chi connectivity index (χ2n) is 8.39. The predicted molar refractivity (Wildman–Crippen MR) is 114 cm³/mol. The first kappa shape index (κ1) is 19.0. The van der Waals surface area contributed by atoms with Gasteiger partial charge in [-0.15, -0.1) is 0 Å². The predicted octanol–water partition coefficient (Wildman–Crippen LogP) is 2.93. The van der Waals surface area contributed by atoms with Crippen molar-refractivity contribution in [2.24, 2.45) is 0 Å². The highest BCUT2D eigenvalue weighted by atomic mass is 16.6. The summed E-state index contributed by atoms with van der Waals surface area (Å²) in [6.45, 7) is 1.80. The molecule has 6 rings (SSSR count). The van der Waals surface area contributed by atoms with Crippen molar-refractivity contribution in [3.05, 3.63) is 59.2 Å². The molecular formula is C23H22N6O3. The lowest BCUT2D eigenvalue weighted by atomic mass is 9.98. The zero-order chi connectivity index (χ0) is 21.8. The first-order chi connectivity index (χ1) is 15.6. The van der Waals surface area contributed by atoms with E-state index in [2.05, 4.69) is 15.3 Å². The van der Waals surface area contributed by atoms with Crippen LogP contribution in [0.5, 0.6) is 5.75 Å². The lowest BCUT2D eigenvalue weighted by Gasteiger charge is -2.36. The molecule has 0 radical (unpaired) electrons. The first-order valence-electron chi connectivity index (χ1n) is 10.7. The highest BCUT2D eigenvalue weighted by Gasteiger charge is 2.44. The zero-order valence-electron chi connectivity index (χ0n) is 17.9.